The van der Waals surface area contributed by atoms with Crippen LogP contribution in [0, 0.1) is 11.3 Å². The average molecular weight is 199 g/mol. The van der Waals surface area contributed by atoms with Gasteiger partial charge in [-0.1, -0.05) is 27.7 Å². The van der Waals surface area contributed by atoms with Gasteiger partial charge in [0, 0.05) is 19.6 Å². The Kier molecular flexibility index (Phi) is 3.96. The standard InChI is InChI=1S/C12H25NO/c1-5-12(6-2)8-13(9-12)7-11(14)10(3)4/h10-11,14H,5-9H2,1-4H3. The highest BCUT2D eigenvalue weighted by atomic mass is 16.3. The maximum atomic E-state index is 9.74. The number of hydrogen-bond donors (Lipinski definition) is 1. The van der Waals surface area contributed by atoms with Gasteiger partial charge in [-0.15, -0.1) is 0 Å². The summed E-state index contributed by atoms with van der Waals surface area (Å²) in [6.45, 7) is 11.9. The summed E-state index contributed by atoms with van der Waals surface area (Å²) < 4.78 is 0. The van der Waals surface area contributed by atoms with Gasteiger partial charge >= 0.3 is 0 Å². The highest BCUT2D eigenvalue weighted by molar-refractivity contribution is 4.93. The molecule has 1 heterocycles. The average Bonchev–Trinajstić information content (AvgIpc) is 2.10. The van der Waals surface area contributed by atoms with Crippen LogP contribution in [0.25, 0.3) is 0 Å². The quantitative estimate of drug-likeness (QED) is 0.733. The summed E-state index contributed by atoms with van der Waals surface area (Å²) in [5.74, 6) is 0.383. The number of nitrogens with zero attached hydrogens (tertiary/aromatic N) is 1. The topological polar surface area (TPSA) is 23.5 Å². The van der Waals surface area contributed by atoms with E-state index in [0.717, 1.165) is 6.54 Å². The monoisotopic (exact) mass is 199 g/mol. The first-order valence-corrected chi connectivity index (χ1v) is 5.93. The van der Waals surface area contributed by atoms with Crippen LogP contribution in [0.5, 0.6) is 0 Å². The second-order valence-electron chi connectivity index (χ2n) is 5.19. The Morgan fingerprint density at radius 1 is 1.21 bits per heavy atom. The van der Waals surface area contributed by atoms with Crippen molar-refractivity contribution in [2.45, 2.75) is 46.6 Å². The van der Waals surface area contributed by atoms with Gasteiger partial charge in [-0.2, -0.15) is 0 Å². The molecule has 0 aromatic heterocycles. The Labute approximate surface area is 88.3 Å². The van der Waals surface area contributed by atoms with Crippen LogP contribution in [0.2, 0.25) is 0 Å². The zero-order valence-electron chi connectivity index (χ0n) is 10.1. The lowest BCUT2D eigenvalue weighted by atomic mass is 9.75. The molecule has 2 nitrogen and oxygen atoms in total. The second-order valence-corrected chi connectivity index (χ2v) is 5.19. The van der Waals surface area contributed by atoms with Gasteiger partial charge in [0.05, 0.1) is 6.10 Å². The first-order chi connectivity index (χ1) is 6.53. The Morgan fingerprint density at radius 3 is 2.07 bits per heavy atom. The maximum Gasteiger partial charge on any atom is 0.0689 e. The highest BCUT2D eigenvalue weighted by Crippen LogP contribution is 2.37. The summed E-state index contributed by atoms with van der Waals surface area (Å²) in [5.41, 5.74) is 0.566. The predicted octanol–water partition coefficient (Wildman–Crippen LogP) is 2.13. The molecule has 1 aliphatic heterocycles. The van der Waals surface area contributed by atoms with Gasteiger partial charge < -0.3 is 5.11 Å². The molecule has 0 amide bonds. The van der Waals surface area contributed by atoms with E-state index < -0.39 is 0 Å². The van der Waals surface area contributed by atoms with Gasteiger partial charge in [0.25, 0.3) is 0 Å². The molecule has 14 heavy (non-hydrogen) atoms. The van der Waals surface area contributed by atoms with Gasteiger partial charge in [-0.05, 0) is 24.2 Å². The van der Waals surface area contributed by atoms with E-state index in [9.17, 15) is 5.11 Å². The normalized spacial score (nSPS) is 23.6. The van der Waals surface area contributed by atoms with Crippen LogP contribution >= 0.6 is 0 Å². The van der Waals surface area contributed by atoms with E-state index in [2.05, 4.69) is 32.6 Å². The lowest BCUT2D eigenvalue weighted by Gasteiger charge is -2.50. The van der Waals surface area contributed by atoms with Crippen LogP contribution < -0.4 is 0 Å². The first kappa shape index (κ1) is 12.0. The van der Waals surface area contributed by atoms with Crippen LogP contribution in [-0.4, -0.2) is 35.7 Å². The molecule has 1 atom stereocenters. The molecule has 0 bridgehead atoms. The highest BCUT2D eigenvalue weighted by Gasteiger charge is 2.40. The predicted molar refractivity (Wildman–Crippen MR) is 60.3 cm³/mol. The van der Waals surface area contributed by atoms with Crippen molar-refractivity contribution in [3.63, 3.8) is 0 Å². The molecule has 1 saturated heterocycles. The van der Waals surface area contributed by atoms with Crippen LogP contribution in [0.3, 0.4) is 0 Å². The molecule has 1 rings (SSSR count). The fourth-order valence-corrected chi connectivity index (χ4v) is 2.20. The molecule has 0 aliphatic carbocycles. The van der Waals surface area contributed by atoms with Crippen LogP contribution in [-0.2, 0) is 0 Å². The fourth-order valence-electron chi connectivity index (χ4n) is 2.20. The summed E-state index contributed by atoms with van der Waals surface area (Å²) in [7, 11) is 0. The number of β-amino-alcohol motifs (C(OH)–C–C–N with tert-alkyl or cyclic N) is 1. The van der Waals surface area contributed by atoms with Crippen LogP contribution in [0.4, 0.5) is 0 Å². The molecule has 2 heteroatoms. The van der Waals surface area contributed by atoms with Crippen LogP contribution in [0.15, 0.2) is 0 Å². The third kappa shape index (κ3) is 2.48. The molecule has 0 aromatic carbocycles. The first-order valence-electron chi connectivity index (χ1n) is 5.93. The zero-order valence-corrected chi connectivity index (χ0v) is 10.1. The summed E-state index contributed by atoms with van der Waals surface area (Å²) in [5, 5.41) is 9.74. The third-order valence-electron chi connectivity index (χ3n) is 3.83. The fraction of sp³-hybridized carbons (Fsp3) is 1.00. The Bertz CT molecular complexity index is 164. The molecule has 1 fully saturated rings. The minimum atomic E-state index is -0.151. The van der Waals surface area contributed by atoms with Crippen molar-refractivity contribution in [1.29, 1.82) is 0 Å². The van der Waals surface area contributed by atoms with Gasteiger partial charge in [0.1, 0.15) is 0 Å². The number of likely N-dealkylation sites (tertiary alicyclic amines) is 1. The molecule has 1 N–H and O–H groups in total. The third-order valence-corrected chi connectivity index (χ3v) is 3.83. The molecule has 84 valence electrons. The molecule has 0 saturated carbocycles. The minimum absolute atomic E-state index is 0.151. The van der Waals surface area contributed by atoms with Crippen molar-refractivity contribution in [2.75, 3.05) is 19.6 Å². The summed E-state index contributed by atoms with van der Waals surface area (Å²) in [4.78, 5) is 2.39. The van der Waals surface area contributed by atoms with Crippen molar-refractivity contribution < 1.29 is 5.11 Å². The lowest BCUT2D eigenvalue weighted by Crippen LogP contribution is -2.57. The van der Waals surface area contributed by atoms with Gasteiger partial charge in [0.15, 0.2) is 0 Å². The van der Waals surface area contributed by atoms with Crippen molar-refractivity contribution in [3.8, 4) is 0 Å². The molecule has 0 aromatic rings. The van der Waals surface area contributed by atoms with E-state index in [0.29, 0.717) is 11.3 Å². The minimum Gasteiger partial charge on any atom is -0.392 e. The van der Waals surface area contributed by atoms with E-state index in [1.54, 1.807) is 0 Å². The van der Waals surface area contributed by atoms with Crippen molar-refractivity contribution >= 4 is 0 Å². The van der Waals surface area contributed by atoms with E-state index >= 15 is 0 Å². The van der Waals surface area contributed by atoms with Crippen molar-refractivity contribution in [1.82, 2.24) is 4.90 Å². The molecule has 0 spiro atoms. The largest absolute Gasteiger partial charge is 0.392 e. The number of rotatable bonds is 5. The van der Waals surface area contributed by atoms with Crippen molar-refractivity contribution in [3.05, 3.63) is 0 Å². The summed E-state index contributed by atoms with van der Waals surface area (Å²) in [6, 6.07) is 0. The molecular weight excluding hydrogens is 174 g/mol. The zero-order chi connectivity index (χ0) is 10.8. The summed E-state index contributed by atoms with van der Waals surface area (Å²) in [6.07, 6.45) is 2.40. The molecular formula is C12H25NO. The smallest absolute Gasteiger partial charge is 0.0689 e. The van der Waals surface area contributed by atoms with Gasteiger partial charge in [0.2, 0.25) is 0 Å². The van der Waals surface area contributed by atoms with E-state index in [1.165, 1.54) is 25.9 Å². The number of aliphatic hydroxyl groups is 1. The number of hydrogen-bond acceptors (Lipinski definition) is 2. The molecule has 1 aliphatic rings. The van der Waals surface area contributed by atoms with E-state index in [1.807, 2.05) is 0 Å². The Balaban J connectivity index is 2.27. The molecule has 0 radical (unpaired) electrons. The lowest BCUT2D eigenvalue weighted by molar-refractivity contribution is -0.0408. The summed E-state index contributed by atoms with van der Waals surface area (Å²) >= 11 is 0. The maximum absolute atomic E-state index is 9.74. The SMILES string of the molecule is CCC1(CC)CN(CC(O)C(C)C)C1. The van der Waals surface area contributed by atoms with Crippen molar-refractivity contribution in [2.24, 2.45) is 11.3 Å². The van der Waals surface area contributed by atoms with Gasteiger partial charge in [-0.25, -0.2) is 0 Å². The molecule has 1 unspecified atom stereocenters. The number of aliphatic hydroxyl groups excluding tert-OH is 1. The van der Waals surface area contributed by atoms with Crippen LogP contribution in [0.1, 0.15) is 40.5 Å². The second kappa shape index (κ2) is 4.63. The van der Waals surface area contributed by atoms with Gasteiger partial charge in [-0.3, -0.25) is 4.90 Å². The van der Waals surface area contributed by atoms with E-state index in [4.69, 9.17) is 0 Å². The Hall–Kier alpha value is -0.0800. The van der Waals surface area contributed by atoms with E-state index in [-0.39, 0.29) is 6.10 Å². The Morgan fingerprint density at radius 2 is 1.71 bits per heavy atom.